The van der Waals surface area contributed by atoms with E-state index >= 15 is 0 Å². The highest BCUT2D eigenvalue weighted by Crippen LogP contribution is 2.47. The molecule has 0 fully saturated rings. The second kappa shape index (κ2) is 6.01. The quantitative estimate of drug-likeness (QED) is 0.530. The lowest BCUT2D eigenvalue weighted by Crippen LogP contribution is -1.88. The summed E-state index contributed by atoms with van der Waals surface area (Å²) in [5.41, 5.74) is 0. The van der Waals surface area contributed by atoms with Crippen molar-refractivity contribution in [1.29, 1.82) is 0 Å². The Morgan fingerprint density at radius 1 is 1.45 bits per heavy atom. The van der Waals surface area contributed by atoms with E-state index in [4.69, 9.17) is 16.1 Å². The molecule has 0 aromatic carbocycles. The van der Waals surface area contributed by atoms with Gasteiger partial charge in [0, 0.05) is 11.2 Å². The van der Waals surface area contributed by atoms with Crippen molar-refractivity contribution in [1.82, 2.24) is 0 Å². The summed E-state index contributed by atoms with van der Waals surface area (Å²) in [7, 11) is 0. The van der Waals surface area contributed by atoms with Crippen molar-refractivity contribution in [2.24, 2.45) is 0 Å². The molecular formula is C6H14ClO3P. The average Bonchev–Trinajstić information content (AvgIpc) is 1.85. The summed E-state index contributed by atoms with van der Waals surface area (Å²) < 4.78 is 14.8. The van der Waals surface area contributed by atoms with E-state index in [2.05, 4.69) is 11.4 Å². The highest BCUT2D eigenvalue weighted by molar-refractivity contribution is 7.80. The van der Waals surface area contributed by atoms with Crippen LogP contribution in [0.5, 0.6) is 0 Å². The van der Waals surface area contributed by atoms with Gasteiger partial charge in [-0.3, -0.25) is 4.52 Å². The Morgan fingerprint density at radius 3 is 2.55 bits per heavy atom. The van der Waals surface area contributed by atoms with E-state index in [0.29, 0.717) is 0 Å². The third-order valence-corrected chi connectivity index (χ3v) is 2.04. The molecule has 0 aromatic heterocycles. The van der Waals surface area contributed by atoms with Crippen molar-refractivity contribution in [2.75, 3.05) is 6.61 Å². The maximum atomic E-state index is 10.3. The summed E-state index contributed by atoms with van der Waals surface area (Å²) in [5, 5.41) is 0. The van der Waals surface area contributed by atoms with Gasteiger partial charge in [0.1, 0.15) is 0 Å². The topological polar surface area (TPSA) is 46.5 Å². The van der Waals surface area contributed by atoms with Gasteiger partial charge in [0.2, 0.25) is 0 Å². The highest BCUT2D eigenvalue weighted by Gasteiger charge is 2.12. The minimum atomic E-state index is -3.74. The van der Waals surface area contributed by atoms with E-state index in [-0.39, 0.29) is 6.61 Å². The SMILES string of the molecule is CCCCCCOP(=O)(O)Cl. The van der Waals surface area contributed by atoms with Crippen LogP contribution in [0.15, 0.2) is 0 Å². The molecule has 68 valence electrons. The fourth-order valence-electron chi connectivity index (χ4n) is 0.706. The Bertz CT molecular complexity index is 134. The minimum Gasteiger partial charge on any atom is -0.313 e. The van der Waals surface area contributed by atoms with Crippen LogP contribution in [0.1, 0.15) is 32.6 Å². The maximum absolute atomic E-state index is 10.3. The van der Waals surface area contributed by atoms with Crippen LogP contribution in [-0.2, 0) is 9.09 Å². The monoisotopic (exact) mass is 200 g/mol. The lowest BCUT2D eigenvalue weighted by atomic mass is 10.2. The van der Waals surface area contributed by atoms with Crippen LogP contribution in [0, 0.1) is 0 Å². The standard InChI is InChI=1S/C6H14ClO3P/c1-2-3-4-5-6-10-11(7,8)9/h2-6H2,1H3,(H,8,9). The molecule has 11 heavy (non-hydrogen) atoms. The number of halogens is 1. The smallest absolute Gasteiger partial charge is 0.313 e. The molecule has 1 atom stereocenters. The third-order valence-electron chi connectivity index (χ3n) is 1.25. The minimum absolute atomic E-state index is 0.275. The molecule has 0 aliphatic carbocycles. The molecule has 0 aromatic rings. The van der Waals surface area contributed by atoms with Crippen molar-refractivity contribution in [3.63, 3.8) is 0 Å². The van der Waals surface area contributed by atoms with Crippen LogP contribution < -0.4 is 0 Å². The molecule has 0 bridgehead atoms. The van der Waals surface area contributed by atoms with Crippen molar-refractivity contribution in [2.45, 2.75) is 32.6 Å². The zero-order valence-corrected chi connectivity index (χ0v) is 8.27. The molecule has 0 aliphatic heterocycles. The zero-order valence-electron chi connectivity index (χ0n) is 6.62. The lowest BCUT2D eigenvalue weighted by Gasteiger charge is -2.03. The van der Waals surface area contributed by atoms with E-state index in [0.717, 1.165) is 25.7 Å². The van der Waals surface area contributed by atoms with Gasteiger partial charge in [0.05, 0.1) is 6.61 Å². The van der Waals surface area contributed by atoms with Crippen molar-refractivity contribution < 1.29 is 14.0 Å². The fraction of sp³-hybridized carbons (Fsp3) is 1.00. The fourth-order valence-corrected chi connectivity index (χ4v) is 1.27. The molecule has 0 radical (unpaired) electrons. The molecule has 0 rings (SSSR count). The lowest BCUT2D eigenvalue weighted by molar-refractivity contribution is 0.267. The van der Waals surface area contributed by atoms with E-state index in [1.807, 2.05) is 0 Å². The summed E-state index contributed by atoms with van der Waals surface area (Å²) >= 11 is 4.93. The van der Waals surface area contributed by atoms with Crippen molar-refractivity contribution in [3.8, 4) is 0 Å². The van der Waals surface area contributed by atoms with E-state index < -0.39 is 6.95 Å². The largest absolute Gasteiger partial charge is 0.421 e. The van der Waals surface area contributed by atoms with Gasteiger partial charge in [-0.25, -0.2) is 4.57 Å². The summed E-state index contributed by atoms with van der Waals surface area (Å²) in [6, 6.07) is 0. The summed E-state index contributed by atoms with van der Waals surface area (Å²) in [5.74, 6) is 0. The first-order valence-electron chi connectivity index (χ1n) is 3.73. The molecule has 3 nitrogen and oxygen atoms in total. The van der Waals surface area contributed by atoms with Gasteiger partial charge in [-0.05, 0) is 6.42 Å². The molecule has 1 unspecified atom stereocenters. The van der Waals surface area contributed by atoms with Crippen molar-refractivity contribution >= 4 is 18.2 Å². The Kier molecular flexibility index (Phi) is 6.25. The van der Waals surface area contributed by atoms with E-state index in [9.17, 15) is 4.57 Å². The summed E-state index contributed by atoms with van der Waals surface area (Å²) in [6.07, 6.45) is 4.08. The van der Waals surface area contributed by atoms with Crippen LogP contribution in [0.2, 0.25) is 0 Å². The predicted octanol–water partition coefficient (Wildman–Crippen LogP) is 2.92. The number of rotatable bonds is 6. The molecule has 0 amide bonds. The first-order valence-corrected chi connectivity index (χ1v) is 6.21. The van der Waals surface area contributed by atoms with Gasteiger partial charge in [-0.15, -0.1) is 0 Å². The molecule has 0 saturated heterocycles. The number of hydrogen-bond donors (Lipinski definition) is 1. The van der Waals surface area contributed by atoms with Gasteiger partial charge in [0.15, 0.2) is 0 Å². The van der Waals surface area contributed by atoms with Gasteiger partial charge in [-0.1, -0.05) is 26.2 Å². The van der Waals surface area contributed by atoms with E-state index in [1.165, 1.54) is 0 Å². The first-order chi connectivity index (χ1) is 5.06. The molecule has 5 heteroatoms. The molecule has 0 spiro atoms. The Balaban J connectivity index is 3.09. The molecule has 1 N–H and O–H groups in total. The van der Waals surface area contributed by atoms with Gasteiger partial charge in [0.25, 0.3) is 0 Å². The van der Waals surface area contributed by atoms with Crippen LogP contribution in [-0.4, -0.2) is 11.5 Å². The Hall–Kier alpha value is 0.440. The van der Waals surface area contributed by atoms with Gasteiger partial charge in [-0.2, -0.15) is 0 Å². The van der Waals surface area contributed by atoms with Crippen LogP contribution in [0.4, 0.5) is 0 Å². The molecular weight excluding hydrogens is 186 g/mol. The Morgan fingerprint density at radius 2 is 2.09 bits per heavy atom. The zero-order chi connectivity index (χ0) is 8.74. The normalized spacial score (nSPS) is 16.3. The molecule has 0 aliphatic rings. The van der Waals surface area contributed by atoms with Gasteiger partial charge >= 0.3 is 6.95 Å². The molecule has 0 saturated carbocycles. The van der Waals surface area contributed by atoms with Gasteiger partial charge < -0.3 is 4.89 Å². The van der Waals surface area contributed by atoms with Crippen LogP contribution in [0.3, 0.4) is 0 Å². The molecule has 0 heterocycles. The number of unbranched alkanes of at least 4 members (excludes halogenated alkanes) is 3. The second-order valence-electron chi connectivity index (χ2n) is 2.35. The second-order valence-corrected chi connectivity index (χ2v) is 4.79. The summed E-state index contributed by atoms with van der Waals surface area (Å²) in [4.78, 5) is 8.47. The van der Waals surface area contributed by atoms with Crippen LogP contribution >= 0.6 is 18.2 Å². The first kappa shape index (κ1) is 11.4. The Labute approximate surface area is 72.0 Å². The average molecular weight is 201 g/mol. The highest BCUT2D eigenvalue weighted by atomic mass is 35.7. The van der Waals surface area contributed by atoms with Crippen LogP contribution in [0.25, 0.3) is 0 Å². The summed E-state index contributed by atoms with van der Waals surface area (Å²) in [6.45, 7) is -1.37. The predicted molar refractivity (Wildman–Crippen MR) is 45.8 cm³/mol. The third kappa shape index (κ3) is 10.4. The number of hydrogen-bond acceptors (Lipinski definition) is 2. The maximum Gasteiger partial charge on any atom is 0.421 e. The van der Waals surface area contributed by atoms with E-state index in [1.54, 1.807) is 0 Å². The van der Waals surface area contributed by atoms with Crippen molar-refractivity contribution in [3.05, 3.63) is 0 Å².